The molecule has 0 fully saturated rings. The van der Waals surface area contributed by atoms with Gasteiger partial charge in [0.05, 0.1) is 0 Å². The van der Waals surface area contributed by atoms with Gasteiger partial charge in [-0.15, -0.1) is 0 Å². The molecule has 3 nitrogen and oxygen atoms in total. The van der Waals surface area contributed by atoms with Crippen LogP contribution >= 0.6 is 0 Å². The molecular weight excluding hydrogens is 164 g/mol. The summed E-state index contributed by atoms with van der Waals surface area (Å²) >= 11 is 0. The van der Waals surface area contributed by atoms with Crippen molar-refractivity contribution in [2.24, 2.45) is 10.9 Å². The largest absolute Gasteiger partial charge is 0.272 e. The van der Waals surface area contributed by atoms with E-state index in [-0.39, 0.29) is 5.91 Å². The summed E-state index contributed by atoms with van der Waals surface area (Å²) in [5, 5.41) is 0. The topological polar surface area (TPSA) is 32.7 Å². The van der Waals surface area contributed by atoms with Gasteiger partial charge in [0.2, 0.25) is 0 Å². The van der Waals surface area contributed by atoms with Gasteiger partial charge in [-0.1, -0.05) is 19.9 Å². The van der Waals surface area contributed by atoms with Crippen LogP contribution in [-0.2, 0) is 4.79 Å². The second kappa shape index (κ2) is 2.83. The Labute approximate surface area is 77.4 Å². The van der Waals surface area contributed by atoms with Gasteiger partial charge in [0, 0.05) is 6.20 Å². The van der Waals surface area contributed by atoms with Crippen molar-refractivity contribution >= 4 is 11.7 Å². The summed E-state index contributed by atoms with van der Waals surface area (Å²) in [7, 11) is 0. The fourth-order valence-electron chi connectivity index (χ4n) is 1.56. The Balaban J connectivity index is 2.37. The van der Waals surface area contributed by atoms with Crippen molar-refractivity contribution in [1.82, 2.24) is 4.90 Å². The molecule has 0 aromatic heterocycles. The van der Waals surface area contributed by atoms with E-state index in [9.17, 15) is 4.79 Å². The smallest absolute Gasteiger partial charge is 0.253 e. The summed E-state index contributed by atoms with van der Waals surface area (Å²) in [6, 6.07) is 0. The van der Waals surface area contributed by atoms with E-state index in [0.29, 0.717) is 12.5 Å². The van der Waals surface area contributed by atoms with Crippen LogP contribution in [0, 0.1) is 5.92 Å². The summed E-state index contributed by atoms with van der Waals surface area (Å²) in [5.74, 6) is 1.32. The van der Waals surface area contributed by atoms with E-state index >= 15 is 0 Å². The predicted octanol–water partition coefficient (Wildman–Crippen LogP) is 1.34. The average molecular weight is 176 g/mol. The standard InChI is InChI=1S/C10H12N2O/c1-7(2)8-4-3-5-12-9(13)6-11-10(8)12/h3-5,7H,6H2,1-2H3. The number of allylic oxidation sites excluding steroid dienone is 2. The van der Waals surface area contributed by atoms with Crippen molar-refractivity contribution in [3.63, 3.8) is 0 Å². The second-order valence-electron chi connectivity index (χ2n) is 3.52. The molecule has 3 heteroatoms. The first-order valence-electron chi connectivity index (χ1n) is 4.45. The summed E-state index contributed by atoms with van der Waals surface area (Å²) in [5.41, 5.74) is 1.15. The number of amidine groups is 1. The molecule has 2 aliphatic heterocycles. The van der Waals surface area contributed by atoms with Crippen molar-refractivity contribution in [2.45, 2.75) is 13.8 Å². The summed E-state index contributed by atoms with van der Waals surface area (Å²) in [6.07, 6.45) is 5.70. The Morgan fingerprint density at radius 1 is 1.54 bits per heavy atom. The Bertz CT molecular complexity index is 337. The quantitative estimate of drug-likeness (QED) is 0.593. The second-order valence-corrected chi connectivity index (χ2v) is 3.52. The van der Waals surface area contributed by atoms with Crippen LogP contribution in [0.2, 0.25) is 0 Å². The van der Waals surface area contributed by atoms with E-state index in [1.54, 1.807) is 11.1 Å². The molecule has 0 spiro atoms. The number of hydrogen-bond donors (Lipinski definition) is 0. The maximum atomic E-state index is 11.3. The normalized spacial score (nSPS) is 20.5. The Morgan fingerprint density at radius 3 is 3.00 bits per heavy atom. The summed E-state index contributed by atoms with van der Waals surface area (Å²) < 4.78 is 0. The zero-order chi connectivity index (χ0) is 9.42. The molecule has 68 valence electrons. The molecular formula is C10H12N2O. The van der Waals surface area contributed by atoms with Crippen molar-refractivity contribution in [3.8, 4) is 0 Å². The third-order valence-electron chi connectivity index (χ3n) is 2.25. The Morgan fingerprint density at radius 2 is 2.31 bits per heavy atom. The fourth-order valence-corrected chi connectivity index (χ4v) is 1.56. The number of hydrogen-bond acceptors (Lipinski definition) is 2. The molecule has 0 radical (unpaired) electrons. The maximum Gasteiger partial charge on any atom is 0.253 e. The van der Waals surface area contributed by atoms with Gasteiger partial charge in [0.1, 0.15) is 12.4 Å². The first-order valence-corrected chi connectivity index (χ1v) is 4.45. The molecule has 0 bridgehead atoms. The Hall–Kier alpha value is -1.38. The monoisotopic (exact) mass is 176 g/mol. The number of fused-ring (bicyclic) bond motifs is 1. The third-order valence-corrected chi connectivity index (χ3v) is 2.25. The molecule has 0 aliphatic carbocycles. The van der Waals surface area contributed by atoms with Crippen LogP contribution < -0.4 is 0 Å². The Kier molecular flexibility index (Phi) is 1.79. The minimum Gasteiger partial charge on any atom is -0.272 e. The highest BCUT2D eigenvalue weighted by molar-refractivity contribution is 6.13. The number of rotatable bonds is 1. The van der Waals surface area contributed by atoms with E-state index in [1.807, 2.05) is 12.2 Å². The lowest BCUT2D eigenvalue weighted by atomic mass is 10.00. The molecule has 0 aromatic rings. The van der Waals surface area contributed by atoms with Crippen LogP contribution in [0.3, 0.4) is 0 Å². The lowest BCUT2D eigenvalue weighted by Gasteiger charge is -2.21. The number of nitrogens with zero attached hydrogens (tertiary/aromatic N) is 2. The number of aliphatic imine (C=N–C) groups is 1. The fraction of sp³-hybridized carbons (Fsp3) is 0.400. The first kappa shape index (κ1) is 8.23. The van der Waals surface area contributed by atoms with E-state index in [1.165, 1.54) is 0 Å². The van der Waals surface area contributed by atoms with Gasteiger partial charge in [-0.05, 0) is 17.6 Å². The average Bonchev–Trinajstić information content (AvgIpc) is 2.48. The molecule has 1 amide bonds. The molecule has 2 heterocycles. The van der Waals surface area contributed by atoms with Crippen molar-refractivity contribution < 1.29 is 4.79 Å². The molecule has 0 aromatic carbocycles. The van der Waals surface area contributed by atoms with Crippen LogP contribution in [0.1, 0.15) is 13.8 Å². The van der Waals surface area contributed by atoms with Crippen LogP contribution in [0.5, 0.6) is 0 Å². The summed E-state index contributed by atoms with van der Waals surface area (Å²) in [6.45, 7) is 4.51. The van der Waals surface area contributed by atoms with Crippen LogP contribution in [-0.4, -0.2) is 23.2 Å². The molecule has 13 heavy (non-hydrogen) atoms. The zero-order valence-corrected chi connectivity index (χ0v) is 7.82. The van der Waals surface area contributed by atoms with Crippen LogP contribution in [0.4, 0.5) is 0 Å². The number of carbonyl (C=O) groups excluding carboxylic acids is 1. The van der Waals surface area contributed by atoms with Crippen molar-refractivity contribution in [1.29, 1.82) is 0 Å². The number of carbonyl (C=O) groups is 1. The number of amides is 1. The van der Waals surface area contributed by atoms with E-state index in [0.717, 1.165) is 11.4 Å². The highest BCUT2D eigenvalue weighted by Crippen LogP contribution is 2.21. The first-order chi connectivity index (χ1) is 6.20. The predicted molar refractivity (Wildman–Crippen MR) is 51.2 cm³/mol. The molecule has 0 N–H and O–H groups in total. The lowest BCUT2D eigenvalue weighted by molar-refractivity contribution is -0.123. The minimum absolute atomic E-state index is 0.0671. The van der Waals surface area contributed by atoms with Gasteiger partial charge >= 0.3 is 0 Å². The van der Waals surface area contributed by atoms with E-state index < -0.39 is 0 Å². The van der Waals surface area contributed by atoms with Gasteiger partial charge in [-0.2, -0.15) is 0 Å². The van der Waals surface area contributed by atoms with Gasteiger partial charge in [-0.3, -0.25) is 14.7 Å². The SMILES string of the molecule is CC(C)C1=CC=CN2C(=O)CN=C12. The van der Waals surface area contributed by atoms with Gasteiger partial charge in [0.15, 0.2) is 0 Å². The zero-order valence-electron chi connectivity index (χ0n) is 7.82. The van der Waals surface area contributed by atoms with Gasteiger partial charge < -0.3 is 0 Å². The van der Waals surface area contributed by atoms with Crippen LogP contribution in [0.15, 0.2) is 28.9 Å². The maximum absolute atomic E-state index is 11.3. The lowest BCUT2D eigenvalue weighted by Crippen LogP contribution is -2.31. The molecule has 0 atom stereocenters. The minimum atomic E-state index is 0.0671. The van der Waals surface area contributed by atoms with E-state index in [2.05, 4.69) is 18.8 Å². The summed E-state index contributed by atoms with van der Waals surface area (Å²) in [4.78, 5) is 17.2. The van der Waals surface area contributed by atoms with E-state index in [4.69, 9.17) is 0 Å². The van der Waals surface area contributed by atoms with Crippen molar-refractivity contribution in [2.75, 3.05) is 6.54 Å². The van der Waals surface area contributed by atoms with Gasteiger partial charge in [0.25, 0.3) is 5.91 Å². The molecule has 0 unspecified atom stereocenters. The van der Waals surface area contributed by atoms with Crippen LogP contribution in [0.25, 0.3) is 0 Å². The molecule has 2 aliphatic rings. The van der Waals surface area contributed by atoms with Gasteiger partial charge in [-0.25, -0.2) is 0 Å². The highest BCUT2D eigenvalue weighted by atomic mass is 16.2. The molecule has 0 saturated carbocycles. The molecule has 2 rings (SSSR count). The highest BCUT2D eigenvalue weighted by Gasteiger charge is 2.28. The van der Waals surface area contributed by atoms with Crippen molar-refractivity contribution in [3.05, 3.63) is 23.9 Å². The third kappa shape index (κ3) is 1.20. The molecule has 0 saturated heterocycles.